The fourth-order valence-corrected chi connectivity index (χ4v) is 1.83. The van der Waals surface area contributed by atoms with Crippen molar-refractivity contribution < 1.29 is 14.7 Å². The molecule has 0 radical (unpaired) electrons. The Morgan fingerprint density at radius 3 is 2.53 bits per heavy atom. The molecule has 5 nitrogen and oxygen atoms in total. The lowest BCUT2D eigenvalue weighted by Gasteiger charge is -2.20. The fraction of sp³-hybridized carbons (Fsp3) is 0.714. The van der Waals surface area contributed by atoms with Gasteiger partial charge in [0.2, 0.25) is 5.91 Å². The average Bonchev–Trinajstić information content (AvgIpc) is 2.33. The molecule has 0 bridgehead atoms. The minimum atomic E-state index is -0.770. The van der Waals surface area contributed by atoms with Crippen molar-refractivity contribution in [1.29, 1.82) is 0 Å². The van der Waals surface area contributed by atoms with Gasteiger partial charge in [-0.05, 0) is 24.7 Å². The van der Waals surface area contributed by atoms with Gasteiger partial charge in [0.15, 0.2) is 0 Å². The Bertz CT molecular complexity index is 321. The molecular formula is C14H24N2O3. The van der Waals surface area contributed by atoms with E-state index in [4.69, 9.17) is 11.5 Å². The van der Waals surface area contributed by atoms with Crippen LogP contribution in [0.5, 0.6) is 0 Å². The Hall–Kier alpha value is -1.54. The first-order valence-corrected chi connectivity index (χ1v) is 6.60. The Kier molecular flexibility index (Phi) is 9.55. The Labute approximate surface area is 115 Å². The zero-order valence-corrected chi connectivity index (χ0v) is 11.7. The van der Waals surface area contributed by atoms with Crippen LogP contribution < -0.4 is 10.6 Å². The van der Waals surface area contributed by atoms with Crippen LogP contribution in [0.4, 0.5) is 0 Å². The number of carbonyl (C=O) groups excluding carboxylic acids is 1. The molecule has 0 saturated carbocycles. The molecule has 108 valence electrons. The molecule has 0 heterocycles. The minimum absolute atomic E-state index is 0.0870. The van der Waals surface area contributed by atoms with Crippen molar-refractivity contribution in [2.24, 2.45) is 11.8 Å². The SMILES string of the molecule is C#CCNCC(=O)NCCC(CCC(=O)O)C(C)C. The lowest BCUT2D eigenvalue weighted by Crippen LogP contribution is -2.35. The van der Waals surface area contributed by atoms with Gasteiger partial charge in [0.1, 0.15) is 0 Å². The number of hydrogen-bond donors (Lipinski definition) is 3. The Morgan fingerprint density at radius 1 is 1.32 bits per heavy atom. The first kappa shape index (κ1) is 17.5. The van der Waals surface area contributed by atoms with Crippen molar-refractivity contribution in [3.63, 3.8) is 0 Å². The highest BCUT2D eigenvalue weighted by Gasteiger charge is 2.15. The standard InChI is InChI=1S/C14H24N2O3/c1-4-8-15-10-13(17)16-9-7-12(11(2)3)5-6-14(18)19/h1,11-12,15H,5-10H2,2-3H3,(H,16,17)(H,18,19). The van der Waals surface area contributed by atoms with Gasteiger partial charge in [-0.15, -0.1) is 6.42 Å². The van der Waals surface area contributed by atoms with Gasteiger partial charge < -0.3 is 10.4 Å². The summed E-state index contributed by atoms with van der Waals surface area (Å²) in [6.45, 7) is 5.30. The molecule has 0 aliphatic rings. The number of carboxylic acid groups (broad SMARTS) is 1. The fourth-order valence-electron chi connectivity index (χ4n) is 1.83. The maximum absolute atomic E-state index is 11.4. The van der Waals surface area contributed by atoms with E-state index in [1.165, 1.54) is 0 Å². The van der Waals surface area contributed by atoms with E-state index in [1.54, 1.807) is 0 Å². The van der Waals surface area contributed by atoms with Crippen molar-refractivity contribution in [3.05, 3.63) is 0 Å². The van der Waals surface area contributed by atoms with Crippen molar-refractivity contribution >= 4 is 11.9 Å². The number of nitrogens with one attached hydrogen (secondary N) is 2. The van der Waals surface area contributed by atoms with Crippen LogP contribution in [0.15, 0.2) is 0 Å². The molecule has 0 aliphatic heterocycles. The third-order valence-electron chi connectivity index (χ3n) is 3.02. The number of carboxylic acids is 1. The third kappa shape index (κ3) is 10.1. The zero-order chi connectivity index (χ0) is 14.7. The van der Waals surface area contributed by atoms with Crippen LogP contribution in [0.2, 0.25) is 0 Å². The minimum Gasteiger partial charge on any atom is -0.481 e. The van der Waals surface area contributed by atoms with Gasteiger partial charge in [-0.3, -0.25) is 14.9 Å². The van der Waals surface area contributed by atoms with Gasteiger partial charge in [0.05, 0.1) is 13.1 Å². The lowest BCUT2D eigenvalue weighted by molar-refractivity contribution is -0.137. The Morgan fingerprint density at radius 2 is 2.00 bits per heavy atom. The van der Waals surface area contributed by atoms with Crippen LogP contribution in [-0.2, 0) is 9.59 Å². The predicted octanol–water partition coefficient (Wildman–Crippen LogP) is 0.852. The summed E-state index contributed by atoms with van der Waals surface area (Å²) in [6.07, 6.45) is 6.68. The summed E-state index contributed by atoms with van der Waals surface area (Å²) < 4.78 is 0. The second-order valence-electron chi connectivity index (χ2n) is 4.88. The van der Waals surface area contributed by atoms with Crippen LogP contribution in [-0.4, -0.2) is 36.6 Å². The summed E-state index contributed by atoms with van der Waals surface area (Å²) in [5, 5.41) is 14.3. The average molecular weight is 268 g/mol. The van der Waals surface area contributed by atoms with Gasteiger partial charge >= 0.3 is 5.97 Å². The van der Waals surface area contributed by atoms with Crippen LogP contribution in [0, 0.1) is 24.2 Å². The molecule has 1 amide bonds. The highest BCUT2D eigenvalue weighted by atomic mass is 16.4. The molecule has 0 aliphatic carbocycles. The second-order valence-corrected chi connectivity index (χ2v) is 4.88. The summed E-state index contributed by atoms with van der Waals surface area (Å²) >= 11 is 0. The van der Waals surface area contributed by atoms with Gasteiger partial charge in [-0.2, -0.15) is 0 Å². The van der Waals surface area contributed by atoms with E-state index < -0.39 is 5.97 Å². The monoisotopic (exact) mass is 268 g/mol. The van der Waals surface area contributed by atoms with Crippen molar-refractivity contribution in [3.8, 4) is 12.3 Å². The summed E-state index contributed by atoms with van der Waals surface area (Å²) in [5.74, 6) is 2.26. The number of carbonyl (C=O) groups is 2. The predicted molar refractivity (Wildman–Crippen MR) is 74.5 cm³/mol. The van der Waals surface area contributed by atoms with E-state index >= 15 is 0 Å². The molecular weight excluding hydrogens is 244 g/mol. The van der Waals surface area contributed by atoms with Gasteiger partial charge in [-0.25, -0.2) is 0 Å². The third-order valence-corrected chi connectivity index (χ3v) is 3.02. The van der Waals surface area contributed by atoms with Crippen LogP contribution in [0.1, 0.15) is 33.1 Å². The lowest BCUT2D eigenvalue weighted by atomic mass is 9.88. The number of terminal acetylenes is 1. The number of amides is 1. The highest BCUT2D eigenvalue weighted by Crippen LogP contribution is 2.20. The van der Waals surface area contributed by atoms with Crippen molar-refractivity contribution in [2.75, 3.05) is 19.6 Å². The molecule has 0 rings (SSSR count). The van der Waals surface area contributed by atoms with Gasteiger partial charge in [0, 0.05) is 13.0 Å². The number of hydrogen-bond acceptors (Lipinski definition) is 3. The topological polar surface area (TPSA) is 78.4 Å². The first-order chi connectivity index (χ1) is 8.97. The highest BCUT2D eigenvalue weighted by molar-refractivity contribution is 5.77. The molecule has 0 aromatic rings. The molecule has 1 atom stereocenters. The molecule has 0 aromatic heterocycles. The molecule has 3 N–H and O–H groups in total. The number of aliphatic carboxylic acids is 1. The first-order valence-electron chi connectivity index (χ1n) is 6.60. The van der Waals surface area contributed by atoms with E-state index in [-0.39, 0.29) is 18.9 Å². The molecule has 0 fully saturated rings. The molecule has 0 aromatic carbocycles. The van der Waals surface area contributed by atoms with Gasteiger partial charge in [0.25, 0.3) is 0 Å². The zero-order valence-electron chi connectivity index (χ0n) is 11.7. The van der Waals surface area contributed by atoms with E-state index in [2.05, 4.69) is 30.4 Å². The normalized spacial score (nSPS) is 11.9. The summed E-state index contributed by atoms with van der Waals surface area (Å²) in [6, 6.07) is 0. The van der Waals surface area contributed by atoms with E-state index in [9.17, 15) is 9.59 Å². The van der Waals surface area contributed by atoms with Gasteiger partial charge in [-0.1, -0.05) is 19.8 Å². The summed E-state index contributed by atoms with van der Waals surface area (Å²) in [5.41, 5.74) is 0. The number of rotatable bonds is 10. The quantitative estimate of drug-likeness (QED) is 0.405. The smallest absolute Gasteiger partial charge is 0.303 e. The maximum Gasteiger partial charge on any atom is 0.303 e. The van der Waals surface area contributed by atoms with Crippen molar-refractivity contribution in [1.82, 2.24) is 10.6 Å². The van der Waals surface area contributed by atoms with Crippen molar-refractivity contribution in [2.45, 2.75) is 33.1 Å². The second kappa shape index (κ2) is 10.4. The van der Waals surface area contributed by atoms with Crippen LogP contribution in [0.3, 0.4) is 0 Å². The van der Waals surface area contributed by atoms with E-state index in [0.29, 0.717) is 31.3 Å². The molecule has 1 unspecified atom stereocenters. The Balaban J connectivity index is 3.83. The molecule has 0 saturated heterocycles. The maximum atomic E-state index is 11.4. The van der Waals surface area contributed by atoms with Crippen LogP contribution in [0.25, 0.3) is 0 Å². The van der Waals surface area contributed by atoms with E-state index in [1.807, 2.05) is 0 Å². The largest absolute Gasteiger partial charge is 0.481 e. The molecule has 5 heteroatoms. The summed E-state index contributed by atoms with van der Waals surface area (Å²) in [4.78, 5) is 22.0. The van der Waals surface area contributed by atoms with E-state index in [0.717, 1.165) is 6.42 Å². The molecule has 0 spiro atoms. The van der Waals surface area contributed by atoms with Crippen LogP contribution >= 0.6 is 0 Å². The molecule has 19 heavy (non-hydrogen) atoms. The summed E-state index contributed by atoms with van der Waals surface area (Å²) in [7, 11) is 0.